The number of hydrogen-bond acceptors (Lipinski definition) is 7. The highest BCUT2D eigenvalue weighted by molar-refractivity contribution is 5.84. The molecule has 0 amide bonds. The second kappa shape index (κ2) is 11.7. The first kappa shape index (κ1) is 23.8. The molecule has 178 valence electrons. The summed E-state index contributed by atoms with van der Waals surface area (Å²) in [7, 11) is 1.64. The van der Waals surface area contributed by atoms with E-state index in [1.165, 1.54) is 0 Å². The van der Waals surface area contributed by atoms with Crippen LogP contribution < -0.4 is 15.4 Å². The van der Waals surface area contributed by atoms with Gasteiger partial charge in [-0.15, -0.1) is 0 Å². The molecule has 4 rings (SSSR count). The molecule has 0 saturated carbocycles. The molecule has 2 aromatic heterocycles. The zero-order valence-electron chi connectivity index (χ0n) is 20.0. The minimum atomic E-state index is 0.112. The van der Waals surface area contributed by atoms with Gasteiger partial charge in [0.1, 0.15) is 17.4 Å². The number of piperidine rings is 1. The Morgan fingerprint density at radius 2 is 2.03 bits per heavy atom. The van der Waals surface area contributed by atoms with Crippen LogP contribution in [0.2, 0.25) is 0 Å². The number of hydrogen-bond donors (Lipinski definition) is 2. The smallest absolute Gasteiger partial charge is 0.145 e. The summed E-state index contributed by atoms with van der Waals surface area (Å²) >= 11 is 0. The largest absolute Gasteiger partial charge is 0.496 e. The molecular weight excluding hydrogens is 426 g/mol. The summed E-state index contributed by atoms with van der Waals surface area (Å²) < 4.78 is 5.64. The van der Waals surface area contributed by atoms with Crippen LogP contribution in [0.15, 0.2) is 55.1 Å². The van der Waals surface area contributed by atoms with Gasteiger partial charge in [0.25, 0.3) is 0 Å². The van der Waals surface area contributed by atoms with Gasteiger partial charge in [-0.2, -0.15) is 0 Å². The second-order valence-electron chi connectivity index (χ2n) is 8.76. The first-order valence-corrected chi connectivity index (χ1v) is 12.1. The van der Waals surface area contributed by atoms with Gasteiger partial charge in [0.05, 0.1) is 31.2 Å². The number of ketones is 1. The maximum Gasteiger partial charge on any atom is 0.145 e. The van der Waals surface area contributed by atoms with Crippen LogP contribution in [-0.2, 0) is 11.2 Å². The number of methoxy groups -OCH3 is 1. The van der Waals surface area contributed by atoms with Crippen molar-refractivity contribution in [2.45, 2.75) is 45.1 Å². The van der Waals surface area contributed by atoms with E-state index >= 15 is 0 Å². The van der Waals surface area contributed by atoms with Crippen molar-refractivity contribution in [3.63, 3.8) is 0 Å². The van der Waals surface area contributed by atoms with Crippen molar-refractivity contribution < 1.29 is 9.53 Å². The van der Waals surface area contributed by atoms with Crippen molar-refractivity contribution >= 4 is 11.6 Å². The fraction of sp³-hybridized carbons (Fsp3) is 0.407. The molecule has 2 N–H and O–H groups in total. The fourth-order valence-electron chi connectivity index (χ4n) is 4.47. The molecule has 0 spiro atoms. The van der Waals surface area contributed by atoms with Crippen LogP contribution in [-0.4, -0.2) is 40.9 Å². The molecule has 3 aromatic rings. The Bertz CT molecular complexity index is 1080. The molecule has 1 unspecified atom stereocenters. The zero-order chi connectivity index (χ0) is 23.8. The number of anilines is 1. The van der Waals surface area contributed by atoms with E-state index < -0.39 is 0 Å². The van der Waals surface area contributed by atoms with Gasteiger partial charge in [-0.25, -0.2) is 4.98 Å². The number of pyridine rings is 1. The topological polar surface area (TPSA) is 89.0 Å². The highest BCUT2D eigenvalue weighted by Gasteiger charge is 2.22. The number of carbonyl (C=O) groups excluding carboxylic acids is 1. The summed E-state index contributed by atoms with van der Waals surface area (Å²) in [4.78, 5) is 26.3. The van der Waals surface area contributed by atoms with Crippen LogP contribution in [0.25, 0.3) is 11.3 Å². The normalized spacial score (nSPS) is 15.0. The summed E-state index contributed by atoms with van der Waals surface area (Å²) in [5.74, 6) is 1.84. The highest BCUT2D eigenvalue weighted by atomic mass is 16.5. The summed E-state index contributed by atoms with van der Waals surface area (Å²) in [5.41, 5.74) is 3.69. The van der Waals surface area contributed by atoms with Crippen LogP contribution in [0.4, 0.5) is 5.82 Å². The number of Topliss-reactive ketones (excluding diaryl/α,β-unsaturated/α-hetero) is 1. The summed E-state index contributed by atoms with van der Waals surface area (Å²) in [5, 5.41) is 6.83. The molecule has 1 aromatic carbocycles. The first-order chi connectivity index (χ1) is 16.7. The fourth-order valence-corrected chi connectivity index (χ4v) is 4.47. The SMILES string of the molecule is CCCC(Nc1cncc(-c2ccc(CC(=O)C3CCNCC3)c(OC)c2)n1)c1cccnc1. The number of aromatic nitrogens is 3. The van der Waals surface area contributed by atoms with Gasteiger partial charge < -0.3 is 15.4 Å². The van der Waals surface area contributed by atoms with E-state index in [1.54, 1.807) is 25.7 Å². The Kier molecular flexibility index (Phi) is 8.20. The van der Waals surface area contributed by atoms with E-state index in [2.05, 4.69) is 33.6 Å². The van der Waals surface area contributed by atoms with E-state index in [9.17, 15) is 4.79 Å². The Balaban J connectivity index is 1.51. The first-order valence-electron chi connectivity index (χ1n) is 12.1. The van der Waals surface area contributed by atoms with E-state index in [1.807, 2.05) is 30.5 Å². The molecule has 1 fully saturated rings. The van der Waals surface area contributed by atoms with Crippen LogP contribution in [0.1, 0.15) is 49.8 Å². The molecule has 1 aliphatic rings. The van der Waals surface area contributed by atoms with Crippen molar-refractivity contribution in [1.82, 2.24) is 20.3 Å². The minimum absolute atomic E-state index is 0.112. The van der Waals surface area contributed by atoms with Gasteiger partial charge in [-0.05, 0) is 50.0 Å². The molecule has 0 aliphatic carbocycles. The lowest BCUT2D eigenvalue weighted by molar-refractivity contribution is -0.122. The van der Waals surface area contributed by atoms with E-state index in [0.29, 0.717) is 18.0 Å². The third kappa shape index (κ3) is 5.97. The van der Waals surface area contributed by atoms with Crippen LogP contribution in [0.5, 0.6) is 5.75 Å². The Labute approximate surface area is 201 Å². The molecule has 0 radical (unpaired) electrons. The summed E-state index contributed by atoms with van der Waals surface area (Å²) in [6, 6.07) is 10.1. The third-order valence-electron chi connectivity index (χ3n) is 6.36. The standard InChI is InChI=1S/C27H33N5O2/c1-3-5-23(22-6-4-11-29-16-22)31-27-18-30-17-24(32-27)20-7-8-21(26(15-20)34-2)14-25(33)19-9-12-28-13-10-19/h4,6-8,11,15-19,23,28H,3,5,9-10,12-14H2,1-2H3,(H,31,32). The molecule has 1 atom stereocenters. The van der Waals surface area contributed by atoms with Gasteiger partial charge in [-0.3, -0.25) is 14.8 Å². The van der Waals surface area contributed by atoms with Crippen LogP contribution >= 0.6 is 0 Å². The lowest BCUT2D eigenvalue weighted by Gasteiger charge is -2.22. The zero-order valence-corrected chi connectivity index (χ0v) is 20.0. The van der Waals surface area contributed by atoms with E-state index in [0.717, 1.165) is 61.2 Å². The lowest BCUT2D eigenvalue weighted by atomic mass is 9.89. The summed E-state index contributed by atoms with van der Waals surface area (Å²) in [6.07, 6.45) is 11.4. The Morgan fingerprint density at radius 1 is 1.18 bits per heavy atom. The quantitative estimate of drug-likeness (QED) is 0.458. The molecule has 1 saturated heterocycles. The summed E-state index contributed by atoms with van der Waals surface area (Å²) in [6.45, 7) is 3.99. The predicted molar refractivity (Wildman–Crippen MR) is 134 cm³/mol. The maximum atomic E-state index is 12.8. The number of rotatable bonds is 10. The van der Waals surface area contributed by atoms with Gasteiger partial charge >= 0.3 is 0 Å². The Hall–Kier alpha value is -3.32. The van der Waals surface area contributed by atoms with Crippen LogP contribution in [0, 0.1) is 5.92 Å². The van der Waals surface area contributed by atoms with Gasteiger partial charge in [0.15, 0.2) is 0 Å². The predicted octanol–water partition coefficient (Wildman–Crippen LogP) is 4.61. The number of benzene rings is 1. The number of carbonyl (C=O) groups is 1. The van der Waals surface area contributed by atoms with Gasteiger partial charge in [0, 0.05) is 35.9 Å². The molecule has 7 heteroatoms. The molecule has 7 nitrogen and oxygen atoms in total. The third-order valence-corrected chi connectivity index (χ3v) is 6.36. The highest BCUT2D eigenvalue weighted by Crippen LogP contribution is 2.29. The van der Waals surface area contributed by atoms with E-state index in [4.69, 9.17) is 9.72 Å². The lowest BCUT2D eigenvalue weighted by Crippen LogP contribution is -2.32. The van der Waals surface area contributed by atoms with Crippen LogP contribution in [0.3, 0.4) is 0 Å². The molecule has 34 heavy (non-hydrogen) atoms. The average Bonchev–Trinajstić information content (AvgIpc) is 2.90. The van der Waals surface area contributed by atoms with Crippen molar-refractivity contribution in [2.75, 3.05) is 25.5 Å². The average molecular weight is 460 g/mol. The second-order valence-corrected chi connectivity index (χ2v) is 8.76. The monoisotopic (exact) mass is 459 g/mol. The number of ether oxygens (including phenoxy) is 1. The van der Waals surface area contributed by atoms with Gasteiger partial charge in [0.2, 0.25) is 0 Å². The molecule has 1 aliphatic heterocycles. The van der Waals surface area contributed by atoms with Crippen molar-refractivity contribution in [3.05, 3.63) is 66.2 Å². The van der Waals surface area contributed by atoms with E-state index in [-0.39, 0.29) is 17.7 Å². The van der Waals surface area contributed by atoms with Crippen molar-refractivity contribution in [3.8, 4) is 17.0 Å². The van der Waals surface area contributed by atoms with Crippen molar-refractivity contribution in [1.29, 1.82) is 0 Å². The van der Waals surface area contributed by atoms with Crippen molar-refractivity contribution in [2.24, 2.45) is 5.92 Å². The molecule has 3 heterocycles. The molecular formula is C27H33N5O2. The number of nitrogens with zero attached hydrogens (tertiary/aromatic N) is 3. The maximum absolute atomic E-state index is 12.8. The minimum Gasteiger partial charge on any atom is -0.496 e. The van der Waals surface area contributed by atoms with Gasteiger partial charge in [-0.1, -0.05) is 31.5 Å². The number of nitrogens with one attached hydrogen (secondary N) is 2. The Morgan fingerprint density at radius 3 is 2.76 bits per heavy atom. The molecule has 0 bridgehead atoms.